The van der Waals surface area contributed by atoms with Gasteiger partial charge >= 0.3 is 0 Å². The van der Waals surface area contributed by atoms with E-state index in [-0.39, 0.29) is 11.8 Å². The Morgan fingerprint density at radius 1 is 0.926 bits per heavy atom. The van der Waals surface area contributed by atoms with E-state index in [1.807, 2.05) is 36.6 Å². The molecule has 2 aromatic carbocycles. The van der Waals surface area contributed by atoms with Crippen molar-refractivity contribution in [2.24, 2.45) is 0 Å². The van der Waals surface area contributed by atoms with Crippen LogP contribution in [0.25, 0.3) is 0 Å². The van der Waals surface area contributed by atoms with Gasteiger partial charge in [-0.2, -0.15) is 0 Å². The molecule has 0 atom stereocenters. The van der Waals surface area contributed by atoms with E-state index in [9.17, 15) is 9.59 Å². The number of amides is 2. The van der Waals surface area contributed by atoms with Crippen molar-refractivity contribution in [2.75, 3.05) is 10.6 Å². The van der Waals surface area contributed by atoms with Crippen LogP contribution in [0.1, 0.15) is 50.9 Å². The van der Waals surface area contributed by atoms with Crippen LogP contribution in [0.2, 0.25) is 0 Å². The summed E-state index contributed by atoms with van der Waals surface area (Å²) in [5.41, 5.74) is 4.07. The standard InChI is InChI=1S/C22H22N2O2S/c1-14(2)18-10-4-7-15(3)20(18)24-21(25)16-8-5-9-17(13-16)23-22(26)19-11-6-12-27-19/h4-14H,1-3H3,(H,23,26)(H,24,25). The van der Waals surface area contributed by atoms with E-state index in [4.69, 9.17) is 0 Å². The first-order chi connectivity index (χ1) is 13.0. The van der Waals surface area contributed by atoms with E-state index in [0.29, 0.717) is 22.0 Å². The van der Waals surface area contributed by atoms with Crippen molar-refractivity contribution in [1.29, 1.82) is 0 Å². The molecule has 0 unspecified atom stereocenters. The predicted octanol–water partition coefficient (Wildman–Crippen LogP) is 5.68. The molecule has 3 aromatic rings. The van der Waals surface area contributed by atoms with E-state index < -0.39 is 0 Å². The maximum absolute atomic E-state index is 12.8. The second-order valence-corrected chi connectivity index (χ2v) is 7.61. The molecule has 3 rings (SSSR count). The van der Waals surface area contributed by atoms with Crippen LogP contribution in [0.3, 0.4) is 0 Å². The molecule has 0 spiro atoms. The SMILES string of the molecule is Cc1cccc(C(C)C)c1NC(=O)c1cccc(NC(=O)c2cccs2)c1. The summed E-state index contributed by atoms with van der Waals surface area (Å²) in [5.74, 6) is -0.0707. The van der Waals surface area contributed by atoms with Crippen molar-refractivity contribution in [3.8, 4) is 0 Å². The zero-order valence-electron chi connectivity index (χ0n) is 15.6. The van der Waals surface area contributed by atoms with Crippen LogP contribution in [0.5, 0.6) is 0 Å². The van der Waals surface area contributed by atoms with Crippen molar-refractivity contribution in [3.05, 3.63) is 81.5 Å². The van der Waals surface area contributed by atoms with Gasteiger partial charge in [0.2, 0.25) is 0 Å². The number of carbonyl (C=O) groups excluding carboxylic acids is 2. The minimum atomic E-state index is -0.196. The van der Waals surface area contributed by atoms with Crippen LogP contribution in [0.4, 0.5) is 11.4 Å². The van der Waals surface area contributed by atoms with E-state index in [1.165, 1.54) is 11.3 Å². The Labute approximate surface area is 163 Å². The molecule has 0 radical (unpaired) electrons. The Kier molecular flexibility index (Phi) is 5.72. The number of benzene rings is 2. The van der Waals surface area contributed by atoms with Crippen LogP contribution in [0, 0.1) is 6.92 Å². The van der Waals surface area contributed by atoms with Crippen molar-refractivity contribution in [1.82, 2.24) is 0 Å². The van der Waals surface area contributed by atoms with Gasteiger partial charge in [0.25, 0.3) is 11.8 Å². The highest BCUT2D eigenvalue weighted by atomic mass is 32.1. The maximum atomic E-state index is 12.8. The first-order valence-electron chi connectivity index (χ1n) is 8.81. The summed E-state index contributed by atoms with van der Waals surface area (Å²) in [6.45, 7) is 6.19. The molecule has 1 aromatic heterocycles. The third kappa shape index (κ3) is 4.44. The van der Waals surface area contributed by atoms with Crippen molar-refractivity contribution in [3.63, 3.8) is 0 Å². The van der Waals surface area contributed by atoms with Gasteiger partial charge in [-0.15, -0.1) is 11.3 Å². The summed E-state index contributed by atoms with van der Waals surface area (Å²) in [7, 11) is 0. The average Bonchev–Trinajstić information content (AvgIpc) is 3.18. The summed E-state index contributed by atoms with van der Waals surface area (Å²) < 4.78 is 0. The molecule has 4 nitrogen and oxygen atoms in total. The summed E-state index contributed by atoms with van der Waals surface area (Å²) in [6.07, 6.45) is 0. The molecule has 1 heterocycles. The highest BCUT2D eigenvalue weighted by Gasteiger charge is 2.14. The number of anilines is 2. The summed E-state index contributed by atoms with van der Waals surface area (Å²) in [5, 5.41) is 7.73. The van der Waals surface area contributed by atoms with Crippen LogP contribution >= 0.6 is 11.3 Å². The lowest BCUT2D eigenvalue weighted by Gasteiger charge is -2.16. The van der Waals surface area contributed by atoms with Gasteiger partial charge in [0.1, 0.15) is 0 Å². The minimum Gasteiger partial charge on any atom is -0.321 e. The van der Waals surface area contributed by atoms with Gasteiger partial charge in [0.15, 0.2) is 0 Å². The van der Waals surface area contributed by atoms with E-state index in [2.05, 4.69) is 24.5 Å². The number of carbonyl (C=O) groups is 2. The molecule has 0 aliphatic heterocycles. The monoisotopic (exact) mass is 378 g/mol. The number of para-hydroxylation sites is 1. The lowest BCUT2D eigenvalue weighted by atomic mass is 9.98. The lowest BCUT2D eigenvalue weighted by Crippen LogP contribution is -2.16. The molecular formula is C22H22N2O2S. The molecule has 27 heavy (non-hydrogen) atoms. The molecule has 0 aliphatic rings. The van der Waals surface area contributed by atoms with Crippen LogP contribution in [-0.2, 0) is 0 Å². The maximum Gasteiger partial charge on any atom is 0.265 e. The van der Waals surface area contributed by atoms with Crippen LogP contribution < -0.4 is 10.6 Å². The molecule has 0 saturated heterocycles. The number of rotatable bonds is 5. The van der Waals surface area contributed by atoms with E-state index in [0.717, 1.165) is 16.8 Å². The molecule has 2 N–H and O–H groups in total. The Hall–Kier alpha value is -2.92. The normalized spacial score (nSPS) is 10.7. The van der Waals surface area contributed by atoms with Gasteiger partial charge in [0.05, 0.1) is 4.88 Å². The lowest BCUT2D eigenvalue weighted by molar-refractivity contribution is 0.101. The summed E-state index contributed by atoms with van der Waals surface area (Å²) in [6, 6.07) is 16.6. The third-order valence-electron chi connectivity index (χ3n) is 4.29. The second kappa shape index (κ2) is 8.18. The molecule has 0 bridgehead atoms. The fraction of sp³-hybridized carbons (Fsp3) is 0.182. The van der Waals surface area contributed by atoms with Gasteiger partial charge in [-0.3, -0.25) is 9.59 Å². The molecule has 0 saturated carbocycles. The second-order valence-electron chi connectivity index (χ2n) is 6.66. The topological polar surface area (TPSA) is 58.2 Å². The summed E-state index contributed by atoms with van der Waals surface area (Å²) in [4.78, 5) is 25.6. The molecule has 2 amide bonds. The van der Waals surface area contributed by atoms with Gasteiger partial charge in [-0.25, -0.2) is 0 Å². The summed E-state index contributed by atoms with van der Waals surface area (Å²) >= 11 is 1.38. The van der Waals surface area contributed by atoms with Gasteiger partial charge < -0.3 is 10.6 Å². The molecular weight excluding hydrogens is 356 g/mol. The highest BCUT2D eigenvalue weighted by molar-refractivity contribution is 7.12. The number of thiophene rings is 1. The van der Waals surface area contributed by atoms with Gasteiger partial charge in [-0.05, 0) is 53.6 Å². The van der Waals surface area contributed by atoms with E-state index >= 15 is 0 Å². The average molecular weight is 378 g/mol. The Morgan fingerprint density at radius 3 is 2.41 bits per heavy atom. The molecule has 0 fully saturated rings. The Morgan fingerprint density at radius 2 is 1.70 bits per heavy atom. The smallest absolute Gasteiger partial charge is 0.265 e. The number of hydrogen-bond acceptors (Lipinski definition) is 3. The number of hydrogen-bond donors (Lipinski definition) is 2. The Balaban J connectivity index is 1.79. The first-order valence-corrected chi connectivity index (χ1v) is 9.69. The Bertz CT molecular complexity index is 962. The fourth-order valence-corrected chi connectivity index (χ4v) is 3.49. The van der Waals surface area contributed by atoms with Gasteiger partial charge in [-0.1, -0.05) is 44.2 Å². The van der Waals surface area contributed by atoms with Crippen LogP contribution in [0.15, 0.2) is 60.0 Å². The first kappa shape index (κ1) is 18.9. The molecule has 5 heteroatoms. The van der Waals surface area contributed by atoms with Gasteiger partial charge in [0, 0.05) is 16.9 Å². The minimum absolute atomic E-state index is 0.177. The third-order valence-corrected chi connectivity index (χ3v) is 5.16. The van der Waals surface area contributed by atoms with Crippen molar-refractivity contribution in [2.45, 2.75) is 26.7 Å². The largest absolute Gasteiger partial charge is 0.321 e. The zero-order valence-corrected chi connectivity index (χ0v) is 16.4. The van der Waals surface area contributed by atoms with E-state index in [1.54, 1.807) is 30.3 Å². The fourth-order valence-electron chi connectivity index (χ4n) is 2.87. The van der Waals surface area contributed by atoms with Crippen molar-refractivity contribution < 1.29 is 9.59 Å². The molecule has 138 valence electrons. The quantitative estimate of drug-likeness (QED) is 0.600. The number of nitrogens with one attached hydrogen (secondary N) is 2. The van der Waals surface area contributed by atoms with Crippen molar-refractivity contribution >= 4 is 34.5 Å². The molecule has 0 aliphatic carbocycles. The number of aryl methyl sites for hydroxylation is 1. The van der Waals surface area contributed by atoms with Crippen LogP contribution in [-0.4, -0.2) is 11.8 Å². The predicted molar refractivity (Wildman–Crippen MR) is 112 cm³/mol. The zero-order chi connectivity index (χ0) is 19.4. The highest BCUT2D eigenvalue weighted by Crippen LogP contribution is 2.28.